The molecule has 5 atom stereocenters. The molecule has 0 unspecified atom stereocenters. The van der Waals surface area contributed by atoms with Crippen molar-refractivity contribution in [2.24, 2.45) is 17.6 Å². The van der Waals surface area contributed by atoms with Gasteiger partial charge in [0.1, 0.15) is 5.54 Å². The highest BCUT2D eigenvalue weighted by Gasteiger charge is 2.85. The van der Waals surface area contributed by atoms with Crippen LogP contribution in [-0.2, 0) is 25.7 Å². The maximum atomic E-state index is 14.9. The molecule has 1 aromatic carbocycles. The summed E-state index contributed by atoms with van der Waals surface area (Å²) in [5.74, 6) is -4.48. The van der Waals surface area contributed by atoms with Crippen LogP contribution in [0.15, 0.2) is 18.2 Å². The maximum Gasteiger partial charge on any atom is 0.342 e. The summed E-state index contributed by atoms with van der Waals surface area (Å²) in [5.41, 5.74) is 2.66. The zero-order chi connectivity index (χ0) is 22.1. The second-order valence-electron chi connectivity index (χ2n) is 8.07. The fourth-order valence-corrected chi connectivity index (χ4v) is 4.76. The van der Waals surface area contributed by atoms with Crippen molar-refractivity contribution in [2.75, 3.05) is 6.61 Å². The number of alkyl halides is 1. The van der Waals surface area contributed by atoms with Crippen molar-refractivity contribution in [1.82, 2.24) is 0 Å². The topological polar surface area (TPSA) is 98.9 Å². The molecule has 30 heavy (non-hydrogen) atoms. The predicted octanol–water partition coefficient (Wildman–Crippen LogP) is 4.14. The van der Waals surface area contributed by atoms with Crippen LogP contribution in [0.2, 0.25) is 10.0 Å². The lowest BCUT2D eigenvalue weighted by molar-refractivity contribution is -0.161. The minimum absolute atomic E-state index is 0.0240. The second-order valence-corrected chi connectivity index (χ2v) is 8.89. The summed E-state index contributed by atoms with van der Waals surface area (Å²) in [6, 6.07) is 4.96. The Balaban J connectivity index is 1.71. The normalized spacial score (nSPS) is 32.0. The number of unbranched alkanes of at least 4 members (excludes halogenated alkanes) is 3. The molecule has 9 heteroatoms. The van der Waals surface area contributed by atoms with Gasteiger partial charge in [-0.15, -0.1) is 0 Å². The number of nitrogens with two attached hydrogens (primary N) is 1. The monoisotopic (exact) mass is 461 g/mol. The van der Waals surface area contributed by atoms with Crippen molar-refractivity contribution >= 4 is 35.1 Å². The number of ether oxygens (including phenoxy) is 2. The van der Waals surface area contributed by atoms with Crippen molar-refractivity contribution < 1.29 is 28.6 Å². The molecule has 0 amide bonds. The van der Waals surface area contributed by atoms with E-state index in [0.29, 0.717) is 22.0 Å². The van der Waals surface area contributed by atoms with E-state index in [1.54, 1.807) is 18.2 Å². The van der Waals surface area contributed by atoms with E-state index in [2.05, 4.69) is 6.92 Å². The summed E-state index contributed by atoms with van der Waals surface area (Å²) in [4.78, 5) is 24.3. The molecule has 0 aliphatic heterocycles. The molecule has 3 rings (SSSR count). The van der Waals surface area contributed by atoms with Gasteiger partial charge in [-0.1, -0.05) is 55.5 Å². The average molecular weight is 462 g/mol. The minimum Gasteiger partial charge on any atom is -0.479 e. The largest absolute Gasteiger partial charge is 0.479 e. The van der Waals surface area contributed by atoms with Crippen LogP contribution >= 0.6 is 23.2 Å². The van der Waals surface area contributed by atoms with Gasteiger partial charge in [-0.05, 0) is 30.5 Å². The average Bonchev–Trinajstić information content (AvgIpc) is 3.19. The van der Waals surface area contributed by atoms with Crippen molar-refractivity contribution in [2.45, 2.75) is 62.9 Å². The summed E-state index contributed by atoms with van der Waals surface area (Å²) in [6.07, 6.45) is 2.76. The Morgan fingerprint density at radius 1 is 1.27 bits per heavy atom. The summed E-state index contributed by atoms with van der Waals surface area (Å²) in [6.45, 7) is 2.28. The third-order valence-corrected chi connectivity index (χ3v) is 6.89. The smallest absolute Gasteiger partial charge is 0.342 e. The molecule has 166 valence electrons. The molecular weight excluding hydrogens is 436 g/mol. The number of aliphatic carboxylic acids is 1. The minimum atomic E-state index is -2.53. The number of fused-ring (bicyclic) bond motifs is 1. The van der Waals surface area contributed by atoms with Gasteiger partial charge in [0.15, 0.2) is 0 Å². The van der Waals surface area contributed by atoms with Crippen molar-refractivity contribution in [3.05, 3.63) is 33.8 Å². The number of carboxylic acids is 1. The summed E-state index contributed by atoms with van der Waals surface area (Å²) >= 11 is 11.9. The Hall–Kier alpha value is -1.41. The van der Waals surface area contributed by atoms with Crippen LogP contribution in [0.4, 0.5) is 4.39 Å². The Bertz CT molecular complexity index is 825. The van der Waals surface area contributed by atoms with Crippen LogP contribution in [0.5, 0.6) is 0 Å². The molecule has 0 spiro atoms. The molecule has 0 radical (unpaired) electrons. The van der Waals surface area contributed by atoms with Gasteiger partial charge in [0.05, 0.1) is 29.4 Å². The van der Waals surface area contributed by atoms with Gasteiger partial charge in [-0.25, -0.2) is 14.0 Å². The van der Waals surface area contributed by atoms with E-state index in [4.69, 9.17) is 38.4 Å². The van der Waals surface area contributed by atoms with Gasteiger partial charge in [0, 0.05) is 11.8 Å². The molecule has 1 aromatic rings. The van der Waals surface area contributed by atoms with Crippen LogP contribution < -0.4 is 5.73 Å². The van der Waals surface area contributed by atoms with Crippen LogP contribution in [0.25, 0.3) is 0 Å². The molecule has 0 heterocycles. The number of esters is 1. The molecule has 2 saturated carbocycles. The molecule has 2 fully saturated rings. The molecule has 3 N–H and O–H groups in total. The van der Waals surface area contributed by atoms with Crippen LogP contribution in [0.3, 0.4) is 0 Å². The maximum absolute atomic E-state index is 14.9. The molecule has 2 aliphatic carbocycles. The van der Waals surface area contributed by atoms with E-state index >= 15 is 0 Å². The first-order chi connectivity index (χ1) is 14.2. The third kappa shape index (κ3) is 4.05. The van der Waals surface area contributed by atoms with Gasteiger partial charge in [0.25, 0.3) is 0 Å². The number of carbonyl (C=O) groups is 2. The summed E-state index contributed by atoms with van der Waals surface area (Å²) in [7, 11) is 0. The number of hydrogen-bond donors (Lipinski definition) is 2. The molecule has 2 aliphatic rings. The first kappa shape index (κ1) is 23.3. The van der Waals surface area contributed by atoms with Crippen LogP contribution in [-0.4, -0.2) is 41.0 Å². The van der Waals surface area contributed by atoms with E-state index in [9.17, 15) is 19.1 Å². The number of carbonyl (C=O) groups excluding carboxylic acids is 1. The highest BCUT2D eigenvalue weighted by molar-refractivity contribution is 6.42. The Labute approximate surface area is 184 Å². The fourth-order valence-electron chi connectivity index (χ4n) is 4.44. The van der Waals surface area contributed by atoms with Gasteiger partial charge in [-0.2, -0.15) is 0 Å². The number of rotatable bonds is 10. The lowest BCUT2D eigenvalue weighted by atomic mass is 9.87. The molecule has 0 saturated heterocycles. The van der Waals surface area contributed by atoms with Gasteiger partial charge in [0.2, 0.25) is 5.67 Å². The van der Waals surface area contributed by atoms with Crippen LogP contribution in [0.1, 0.15) is 44.6 Å². The summed E-state index contributed by atoms with van der Waals surface area (Å²) in [5, 5.41) is 10.1. The van der Waals surface area contributed by atoms with Crippen molar-refractivity contribution in [3.8, 4) is 0 Å². The Morgan fingerprint density at radius 2 is 2.00 bits per heavy atom. The highest BCUT2D eigenvalue weighted by Crippen LogP contribution is 2.67. The lowest BCUT2D eigenvalue weighted by Crippen LogP contribution is -2.61. The Morgan fingerprint density at radius 3 is 2.63 bits per heavy atom. The molecular formula is C21H26Cl2FNO5. The first-order valence-electron chi connectivity index (χ1n) is 10.1. The zero-order valence-corrected chi connectivity index (χ0v) is 18.2. The van der Waals surface area contributed by atoms with Crippen molar-refractivity contribution in [1.29, 1.82) is 0 Å². The predicted molar refractivity (Wildman–Crippen MR) is 110 cm³/mol. The third-order valence-electron chi connectivity index (χ3n) is 6.15. The van der Waals surface area contributed by atoms with E-state index in [1.807, 2.05) is 0 Å². The summed E-state index contributed by atoms with van der Waals surface area (Å²) < 4.78 is 26.1. The number of carboxylic acid groups (broad SMARTS) is 1. The lowest BCUT2D eigenvalue weighted by Gasteiger charge is -2.33. The van der Waals surface area contributed by atoms with E-state index in [-0.39, 0.29) is 19.6 Å². The van der Waals surface area contributed by atoms with E-state index < -0.39 is 41.1 Å². The van der Waals surface area contributed by atoms with Gasteiger partial charge < -0.3 is 20.3 Å². The van der Waals surface area contributed by atoms with E-state index in [0.717, 1.165) is 19.3 Å². The van der Waals surface area contributed by atoms with Gasteiger partial charge in [-0.3, -0.25) is 0 Å². The van der Waals surface area contributed by atoms with Crippen molar-refractivity contribution in [3.63, 3.8) is 0 Å². The highest BCUT2D eigenvalue weighted by atomic mass is 35.5. The fraction of sp³-hybridized carbons (Fsp3) is 0.619. The number of benzene rings is 1. The van der Waals surface area contributed by atoms with Crippen LogP contribution in [0, 0.1) is 11.8 Å². The quantitative estimate of drug-likeness (QED) is 0.401. The molecule has 0 aromatic heterocycles. The zero-order valence-electron chi connectivity index (χ0n) is 16.7. The number of halogens is 3. The SMILES string of the molecule is CCCCCCOC(=O)[C@@]1(N)[C@H]2[C@@H](C[C@H]1OCc1ccc(Cl)c(Cl)c1)[C@]2(F)C(=O)O. The van der Waals surface area contributed by atoms with E-state index in [1.165, 1.54) is 0 Å². The second kappa shape index (κ2) is 8.99. The molecule has 6 nitrogen and oxygen atoms in total. The first-order valence-corrected chi connectivity index (χ1v) is 10.9. The standard InChI is InChI=1S/C21H26Cl2FNO5/c1-2-3-4-5-8-29-19(28)21(25)16(10-13-17(21)20(13,24)18(26)27)30-11-12-6-7-14(22)15(23)9-12/h6-7,9,13,16-17H,2-5,8,10-11,25H2,1H3,(H,26,27)/t13-,16-,17+,20-,21+/m1/s1. The Kier molecular flexibility index (Phi) is 6.97. The number of hydrogen-bond acceptors (Lipinski definition) is 5. The van der Waals surface area contributed by atoms with Gasteiger partial charge >= 0.3 is 11.9 Å². The molecule has 0 bridgehead atoms.